The Morgan fingerprint density at radius 1 is 1.32 bits per heavy atom. The number of likely N-dealkylation sites (tertiary alicyclic amines) is 1. The van der Waals surface area contributed by atoms with Crippen molar-refractivity contribution < 1.29 is 14.9 Å². The molecule has 4 heteroatoms. The summed E-state index contributed by atoms with van der Waals surface area (Å²) in [6.07, 6.45) is 8.61. The number of hydrogen-bond acceptors (Lipinski definition) is 4. The van der Waals surface area contributed by atoms with Crippen molar-refractivity contribution in [3.63, 3.8) is 0 Å². The highest BCUT2D eigenvalue weighted by Gasteiger charge is 2.70. The summed E-state index contributed by atoms with van der Waals surface area (Å²) >= 11 is 0. The van der Waals surface area contributed by atoms with Crippen LogP contribution in [0.5, 0.6) is 0 Å². The summed E-state index contributed by atoms with van der Waals surface area (Å²) in [5.74, 6) is 2.03. The first-order chi connectivity index (χ1) is 10.7. The van der Waals surface area contributed by atoms with Gasteiger partial charge in [0.1, 0.15) is 0 Å². The molecule has 0 aromatic carbocycles. The first kappa shape index (κ1) is 14.0. The van der Waals surface area contributed by atoms with E-state index in [1.165, 1.54) is 12.8 Å². The fourth-order valence-electron chi connectivity index (χ4n) is 6.95. The van der Waals surface area contributed by atoms with E-state index in [0.717, 1.165) is 19.4 Å². The molecule has 2 aliphatic heterocycles. The molecule has 122 valence electrons. The average molecular weight is 305 g/mol. The molecular weight excluding hydrogens is 278 g/mol. The van der Waals surface area contributed by atoms with Crippen LogP contribution in [0.15, 0.2) is 12.2 Å². The third kappa shape index (κ3) is 1.48. The van der Waals surface area contributed by atoms with Crippen LogP contribution in [0, 0.1) is 29.1 Å². The Morgan fingerprint density at radius 3 is 3.00 bits per heavy atom. The van der Waals surface area contributed by atoms with Gasteiger partial charge in [-0.05, 0) is 51.1 Å². The minimum atomic E-state index is -0.469. The second kappa shape index (κ2) is 4.56. The van der Waals surface area contributed by atoms with Crippen molar-refractivity contribution in [3.05, 3.63) is 12.2 Å². The van der Waals surface area contributed by atoms with Gasteiger partial charge < -0.3 is 19.8 Å². The lowest BCUT2D eigenvalue weighted by atomic mass is 9.45. The van der Waals surface area contributed by atoms with Gasteiger partial charge in [0.05, 0.1) is 18.3 Å². The van der Waals surface area contributed by atoms with E-state index >= 15 is 0 Å². The summed E-state index contributed by atoms with van der Waals surface area (Å²) in [5, 5.41) is 20.4. The smallest absolute Gasteiger partial charge is 0.0988 e. The maximum Gasteiger partial charge on any atom is 0.0988 e. The Kier molecular flexibility index (Phi) is 2.90. The maximum atomic E-state index is 10.6. The predicted molar refractivity (Wildman–Crippen MR) is 82.2 cm³/mol. The SMILES string of the molecule is CN1CC[C@]23C4C5CCC(CO)C4O[C@H]2[C@@H](O)C=C[C@H]3[C@H]1C5. The van der Waals surface area contributed by atoms with Crippen LogP contribution in [0.3, 0.4) is 0 Å². The standard InChI is InChI=1S/C18H27NO3/c1-19-7-6-18-12-4-5-14(21)17(18)22-16-11(9-20)3-2-10(15(16)18)8-13(12)19/h4-5,10-17,20-21H,2-3,6-9H2,1H3/t10?,11?,12-,13+,14-,15?,16?,17-,18-/m0/s1. The molecule has 0 aromatic heterocycles. The number of aliphatic hydroxyl groups excluding tert-OH is 2. The van der Waals surface area contributed by atoms with Gasteiger partial charge in [0, 0.05) is 29.9 Å². The lowest BCUT2D eigenvalue weighted by Gasteiger charge is -2.62. The van der Waals surface area contributed by atoms with E-state index in [2.05, 4.69) is 18.0 Å². The van der Waals surface area contributed by atoms with Gasteiger partial charge >= 0.3 is 0 Å². The second-order valence-corrected chi connectivity index (χ2v) is 8.37. The molecule has 0 aromatic rings. The number of piperidine rings is 1. The van der Waals surface area contributed by atoms with Gasteiger partial charge in [-0.2, -0.15) is 0 Å². The number of aliphatic hydroxyl groups is 2. The molecule has 4 nitrogen and oxygen atoms in total. The highest BCUT2D eigenvalue weighted by Crippen LogP contribution is 2.67. The van der Waals surface area contributed by atoms with E-state index in [1.54, 1.807) is 0 Å². The first-order valence-electron chi connectivity index (χ1n) is 8.99. The highest BCUT2D eigenvalue weighted by atomic mass is 16.5. The number of ether oxygens (including phenoxy) is 1. The number of rotatable bonds is 1. The third-order valence-corrected chi connectivity index (χ3v) is 7.79. The summed E-state index contributed by atoms with van der Waals surface area (Å²) < 4.78 is 6.50. The summed E-state index contributed by atoms with van der Waals surface area (Å²) in [4.78, 5) is 2.54. The lowest BCUT2D eigenvalue weighted by Crippen LogP contribution is -2.66. The van der Waals surface area contributed by atoms with Crippen LogP contribution < -0.4 is 0 Å². The zero-order valence-electron chi connectivity index (χ0n) is 13.3. The Morgan fingerprint density at radius 2 is 2.18 bits per heavy atom. The van der Waals surface area contributed by atoms with Crippen molar-refractivity contribution >= 4 is 0 Å². The van der Waals surface area contributed by atoms with Crippen LogP contribution in [-0.4, -0.2) is 59.7 Å². The Hall–Kier alpha value is -0.420. The van der Waals surface area contributed by atoms with E-state index in [1.807, 2.05) is 6.08 Å². The van der Waals surface area contributed by atoms with E-state index in [9.17, 15) is 10.2 Å². The third-order valence-electron chi connectivity index (χ3n) is 7.79. The molecule has 22 heavy (non-hydrogen) atoms. The van der Waals surface area contributed by atoms with Gasteiger partial charge in [0.25, 0.3) is 0 Å². The van der Waals surface area contributed by atoms with Crippen molar-refractivity contribution in [1.29, 1.82) is 0 Å². The molecule has 4 fully saturated rings. The van der Waals surface area contributed by atoms with E-state index < -0.39 is 6.10 Å². The highest BCUT2D eigenvalue weighted by molar-refractivity contribution is 5.26. The molecular formula is C18H27NO3. The van der Waals surface area contributed by atoms with Gasteiger partial charge in [0.15, 0.2) is 0 Å². The van der Waals surface area contributed by atoms with Crippen LogP contribution in [0.4, 0.5) is 0 Å². The Balaban J connectivity index is 1.65. The largest absolute Gasteiger partial charge is 0.396 e. The molecule has 9 atom stereocenters. The number of hydrogen-bond donors (Lipinski definition) is 2. The van der Waals surface area contributed by atoms with E-state index in [4.69, 9.17) is 4.74 Å². The van der Waals surface area contributed by atoms with E-state index in [-0.39, 0.29) is 30.1 Å². The van der Waals surface area contributed by atoms with E-state index in [0.29, 0.717) is 23.8 Å². The second-order valence-electron chi connectivity index (χ2n) is 8.37. The van der Waals surface area contributed by atoms with Crippen molar-refractivity contribution in [2.75, 3.05) is 20.2 Å². The molecule has 2 saturated carbocycles. The molecule has 4 unspecified atom stereocenters. The van der Waals surface area contributed by atoms with Crippen molar-refractivity contribution in [2.24, 2.45) is 29.1 Å². The molecule has 5 aliphatic rings. The average Bonchev–Trinajstić information content (AvgIpc) is 2.88. The fraction of sp³-hybridized carbons (Fsp3) is 0.889. The van der Waals surface area contributed by atoms with Crippen LogP contribution in [0.2, 0.25) is 0 Å². The summed E-state index contributed by atoms with van der Waals surface area (Å²) in [6, 6.07) is 0.606. The maximum absolute atomic E-state index is 10.6. The van der Waals surface area contributed by atoms with Crippen molar-refractivity contribution in [3.8, 4) is 0 Å². The van der Waals surface area contributed by atoms with Crippen LogP contribution in [0.25, 0.3) is 0 Å². The van der Waals surface area contributed by atoms with Crippen LogP contribution in [0.1, 0.15) is 25.7 Å². The van der Waals surface area contributed by atoms with Gasteiger partial charge in [-0.15, -0.1) is 0 Å². The minimum absolute atomic E-state index is 0.0522. The zero-order chi connectivity index (χ0) is 15.1. The van der Waals surface area contributed by atoms with Crippen molar-refractivity contribution in [1.82, 2.24) is 4.90 Å². The normalized spacial score (nSPS) is 59.4. The molecule has 2 N–H and O–H groups in total. The molecule has 3 aliphatic carbocycles. The summed E-state index contributed by atoms with van der Waals surface area (Å²) in [7, 11) is 2.26. The molecule has 2 heterocycles. The lowest BCUT2D eigenvalue weighted by molar-refractivity contribution is -0.130. The fourth-order valence-corrected chi connectivity index (χ4v) is 6.95. The predicted octanol–water partition coefficient (Wildman–Crippen LogP) is 1.03. The molecule has 0 amide bonds. The number of nitrogens with zero attached hydrogens (tertiary/aromatic N) is 1. The molecule has 5 rings (SSSR count). The molecule has 1 spiro atoms. The van der Waals surface area contributed by atoms with Crippen LogP contribution >= 0.6 is 0 Å². The summed E-state index contributed by atoms with van der Waals surface area (Å²) in [5.41, 5.74) is 0.118. The molecule has 2 bridgehead atoms. The van der Waals surface area contributed by atoms with Crippen molar-refractivity contribution in [2.45, 2.75) is 50.0 Å². The monoisotopic (exact) mass is 305 g/mol. The van der Waals surface area contributed by atoms with Gasteiger partial charge in [-0.3, -0.25) is 0 Å². The Labute approximate surface area is 132 Å². The molecule has 2 saturated heterocycles. The minimum Gasteiger partial charge on any atom is -0.396 e. The van der Waals surface area contributed by atoms with Gasteiger partial charge in [-0.1, -0.05) is 12.2 Å². The van der Waals surface area contributed by atoms with Gasteiger partial charge in [0.2, 0.25) is 0 Å². The first-order valence-corrected chi connectivity index (χ1v) is 8.99. The quantitative estimate of drug-likeness (QED) is 0.711. The summed E-state index contributed by atoms with van der Waals surface area (Å²) in [6.45, 7) is 1.34. The molecule has 0 radical (unpaired) electrons. The zero-order valence-corrected chi connectivity index (χ0v) is 13.3. The topological polar surface area (TPSA) is 52.9 Å². The van der Waals surface area contributed by atoms with Crippen LogP contribution in [-0.2, 0) is 4.74 Å². The van der Waals surface area contributed by atoms with Gasteiger partial charge in [-0.25, -0.2) is 0 Å². The Bertz CT molecular complexity index is 509.